The quantitative estimate of drug-likeness (QED) is 0.551. The van der Waals surface area contributed by atoms with E-state index in [0.717, 1.165) is 22.5 Å². The van der Waals surface area contributed by atoms with Gasteiger partial charge in [0.1, 0.15) is 11.9 Å². The van der Waals surface area contributed by atoms with Crippen molar-refractivity contribution in [2.45, 2.75) is 38.9 Å². The number of likely N-dealkylation sites (N-methyl/N-ethyl adjacent to an activating group) is 1. The lowest BCUT2D eigenvalue weighted by Gasteiger charge is -2.28. The third-order valence-corrected chi connectivity index (χ3v) is 8.10. The second-order valence-electron chi connectivity index (χ2n) is 8.88. The normalized spacial score (nSPS) is 18.2. The second kappa shape index (κ2) is 9.68. The Bertz CT molecular complexity index is 1270. The number of carbonyl (C=O) groups is 1. The van der Waals surface area contributed by atoms with Crippen LogP contribution in [0.5, 0.6) is 0 Å². The number of hydrogen-bond acceptors (Lipinski definition) is 5. The lowest BCUT2D eigenvalue weighted by atomic mass is 10.0. The molecule has 1 saturated heterocycles. The fraction of sp³-hybridized carbons (Fsp3) is 0.360. The number of benzene rings is 2. The molecule has 0 radical (unpaired) electrons. The summed E-state index contributed by atoms with van der Waals surface area (Å²) in [5.74, 6) is -0.306. The van der Waals surface area contributed by atoms with E-state index in [9.17, 15) is 17.6 Å². The number of aromatic nitrogens is 2. The number of halogens is 1. The molecule has 34 heavy (non-hydrogen) atoms. The SMILES string of the molecule is Cc1nn([C@@H]2CCS(=O)(=O)C2)c(C)c1CN(C)[C@H](C(=O)Nc1ccc(F)cc1)c1ccccc1. The summed E-state index contributed by atoms with van der Waals surface area (Å²) in [5.41, 5.74) is 4.05. The number of aryl methyl sites for hydroxylation is 1. The van der Waals surface area contributed by atoms with E-state index in [1.54, 1.807) is 0 Å². The molecule has 2 aromatic carbocycles. The van der Waals surface area contributed by atoms with Crippen LogP contribution in [-0.2, 0) is 21.2 Å². The van der Waals surface area contributed by atoms with Gasteiger partial charge in [-0.1, -0.05) is 30.3 Å². The zero-order chi connectivity index (χ0) is 24.5. The van der Waals surface area contributed by atoms with Gasteiger partial charge in [-0.25, -0.2) is 12.8 Å². The van der Waals surface area contributed by atoms with Gasteiger partial charge < -0.3 is 5.32 Å². The first kappa shape index (κ1) is 24.1. The van der Waals surface area contributed by atoms with Gasteiger partial charge in [0.2, 0.25) is 5.91 Å². The topological polar surface area (TPSA) is 84.3 Å². The molecular formula is C25H29FN4O3S. The van der Waals surface area contributed by atoms with Crippen LogP contribution in [0.25, 0.3) is 0 Å². The highest BCUT2D eigenvalue weighted by atomic mass is 32.2. The summed E-state index contributed by atoms with van der Waals surface area (Å²) in [6, 6.07) is 14.4. The maximum Gasteiger partial charge on any atom is 0.246 e. The van der Waals surface area contributed by atoms with Crippen LogP contribution in [0, 0.1) is 19.7 Å². The van der Waals surface area contributed by atoms with Crippen LogP contribution >= 0.6 is 0 Å². The van der Waals surface area contributed by atoms with Crippen molar-refractivity contribution >= 4 is 21.4 Å². The number of amides is 1. The van der Waals surface area contributed by atoms with Gasteiger partial charge >= 0.3 is 0 Å². The average Bonchev–Trinajstić information content (AvgIpc) is 3.29. The Kier molecular flexibility index (Phi) is 6.86. The van der Waals surface area contributed by atoms with E-state index in [2.05, 4.69) is 10.4 Å². The van der Waals surface area contributed by atoms with Crippen LogP contribution in [-0.4, -0.2) is 47.6 Å². The molecule has 0 aliphatic carbocycles. The van der Waals surface area contributed by atoms with E-state index in [4.69, 9.17) is 0 Å². The van der Waals surface area contributed by atoms with Crippen molar-refractivity contribution in [2.24, 2.45) is 0 Å². The van der Waals surface area contributed by atoms with E-state index >= 15 is 0 Å². The summed E-state index contributed by atoms with van der Waals surface area (Å²) in [4.78, 5) is 15.3. The Morgan fingerprint density at radius 2 is 1.85 bits per heavy atom. The van der Waals surface area contributed by atoms with Gasteiger partial charge in [0.05, 0.1) is 23.2 Å². The fourth-order valence-corrected chi connectivity index (χ4v) is 6.27. The smallest absolute Gasteiger partial charge is 0.246 e. The number of nitrogens with zero attached hydrogens (tertiary/aromatic N) is 3. The van der Waals surface area contributed by atoms with E-state index < -0.39 is 15.9 Å². The van der Waals surface area contributed by atoms with Gasteiger partial charge in [-0.05, 0) is 57.1 Å². The summed E-state index contributed by atoms with van der Waals surface area (Å²) >= 11 is 0. The third kappa shape index (κ3) is 5.20. The Balaban J connectivity index is 1.59. The van der Waals surface area contributed by atoms with Crippen molar-refractivity contribution in [2.75, 3.05) is 23.9 Å². The standard InChI is InChI=1S/C25H29FN4O3S/c1-17-23(18(2)30(28-17)22-13-14-34(32,33)16-22)15-29(3)24(19-7-5-4-6-8-19)25(31)27-21-11-9-20(26)10-12-21/h4-12,22,24H,13-16H2,1-3H3,(H,27,31)/t22-,24+/m1/s1. The molecule has 2 atom stereocenters. The first-order valence-corrected chi connectivity index (χ1v) is 13.0. The van der Waals surface area contributed by atoms with Crippen molar-refractivity contribution in [3.63, 3.8) is 0 Å². The Morgan fingerprint density at radius 1 is 1.18 bits per heavy atom. The average molecular weight is 485 g/mol. The predicted octanol–water partition coefficient (Wildman–Crippen LogP) is 3.81. The van der Waals surface area contributed by atoms with Crippen LogP contribution in [0.1, 0.15) is 41.0 Å². The highest BCUT2D eigenvalue weighted by Gasteiger charge is 2.32. The molecule has 0 unspecified atom stereocenters. The number of anilines is 1. The van der Waals surface area contributed by atoms with Crippen molar-refractivity contribution in [1.29, 1.82) is 0 Å². The predicted molar refractivity (Wildman–Crippen MR) is 130 cm³/mol. The molecule has 7 nitrogen and oxygen atoms in total. The first-order valence-electron chi connectivity index (χ1n) is 11.2. The molecule has 3 aromatic rings. The molecular weight excluding hydrogens is 455 g/mol. The highest BCUT2D eigenvalue weighted by molar-refractivity contribution is 7.91. The monoisotopic (exact) mass is 484 g/mol. The van der Waals surface area contributed by atoms with E-state index in [1.165, 1.54) is 24.3 Å². The van der Waals surface area contributed by atoms with Crippen molar-refractivity contribution in [3.05, 3.63) is 82.9 Å². The molecule has 0 saturated carbocycles. The van der Waals surface area contributed by atoms with E-state index in [1.807, 2.05) is 60.8 Å². The zero-order valence-corrected chi connectivity index (χ0v) is 20.3. The number of carbonyl (C=O) groups excluding carboxylic acids is 1. The van der Waals surface area contributed by atoms with Crippen molar-refractivity contribution < 1.29 is 17.6 Å². The van der Waals surface area contributed by atoms with E-state index in [0.29, 0.717) is 18.7 Å². The molecule has 180 valence electrons. The fourth-order valence-electron chi connectivity index (χ4n) is 4.58. The molecule has 2 heterocycles. The van der Waals surface area contributed by atoms with Crippen LogP contribution in [0.3, 0.4) is 0 Å². The largest absolute Gasteiger partial charge is 0.324 e. The molecule has 0 bridgehead atoms. The lowest BCUT2D eigenvalue weighted by Crippen LogP contribution is -2.34. The van der Waals surface area contributed by atoms with Crippen molar-refractivity contribution in [1.82, 2.24) is 14.7 Å². The molecule has 1 aliphatic heterocycles. The lowest BCUT2D eigenvalue weighted by molar-refractivity contribution is -0.121. The molecule has 1 fully saturated rings. The first-order chi connectivity index (χ1) is 16.1. The third-order valence-electron chi connectivity index (χ3n) is 6.35. The number of rotatable bonds is 7. The van der Waals surface area contributed by atoms with Crippen LogP contribution in [0.4, 0.5) is 10.1 Å². The van der Waals surface area contributed by atoms with Gasteiger partial charge in [-0.3, -0.25) is 14.4 Å². The summed E-state index contributed by atoms with van der Waals surface area (Å²) in [5, 5.41) is 7.54. The number of sulfone groups is 1. The Hall–Kier alpha value is -3.04. The highest BCUT2D eigenvalue weighted by Crippen LogP contribution is 2.29. The van der Waals surface area contributed by atoms with E-state index in [-0.39, 0.29) is 29.3 Å². The molecule has 1 N–H and O–H groups in total. The maximum absolute atomic E-state index is 13.4. The van der Waals surface area contributed by atoms with Gasteiger partial charge in [-0.15, -0.1) is 0 Å². The summed E-state index contributed by atoms with van der Waals surface area (Å²) in [6.07, 6.45) is 0.562. The minimum atomic E-state index is -3.03. The van der Waals surface area contributed by atoms with Crippen LogP contribution in [0.15, 0.2) is 54.6 Å². The molecule has 0 spiro atoms. The molecule has 9 heteroatoms. The molecule has 4 rings (SSSR count). The molecule has 1 amide bonds. The van der Waals surface area contributed by atoms with Gasteiger partial charge in [0.25, 0.3) is 0 Å². The van der Waals surface area contributed by atoms with Crippen LogP contribution < -0.4 is 5.32 Å². The van der Waals surface area contributed by atoms with Gasteiger partial charge in [0.15, 0.2) is 9.84 Å². The molecule has 1 aliphatic rings. The summed E-state index contributed by atoms with van der Waals surface area (Å²) < 4.78 is 39.1. The zero-order valence-electron chi connectivity index (χ0n) is 19.5. The number of hydrogen-bond donors (Lipinski definition) is 1. The number of nitrogens with one attached hydrogen (secondary N) is 1. The maximum atomic E-state index is 13.4. The van der Waals surface area contributed by atoms with Crippen LogP contribution in [0.2, 0.25) is 0 Å². The summed E-state index contributed by atoms with van der Waals surface area (Å²) in [7, 11) is -1.15. The Labute approximate surface area is 199 Å². The minimum absolute atomic E-state index is 0.108. The Morgan fingerprint density at radius 3 is 2.47 bits per heavy atom. The minimum Gasteiger partial charge on any atom is -0.324 e. The van der Waals surface area contributed by atoms with Gasteiger partial charge in [0, 0.05) is 23.5 Å². The van der Waals surface area contributed by atoms with Gasteiger partial charge in [-0.2, -0.15) is 5.10 Å². The summed E-state index contributed by atoms with van der Waals surface area (Å²) in [6.45, 7) is 4.31. The molecule has 1 aromatic heterocycles. The second-order valence-corrected chi connectivity index (χ2v) is 11.1. The van der Waals surface area contributed by atoms with Crippen molar-refractivity contribution in [3.8, 4) is 0 Å².